The lowest BCUT2D eigenvalue weighted by Gasteiger charge is -2.14. The molecule has 0 amide bonds. The van der Waals surface area contributed by atoms with Crippen molar-refractivity contribution in [1.82, 2.24) is 9.97 Å². The Kier molecular flexibility index (Phi) is 4.33. The Labute approximate surface area is 122 Å². The third kappa shape index (κ3) is 3.64. The molecule has 0 bridgehead atoms. The van der Waals surface area contributed by atoms with Crippen LogP contribution in [-0.4, -0.2) is 9.97 Å². The first-order chi connectivity index (χ1) is 8.15. The Morgan fingerprint density at radius 3 is 2.35 bits per heavy atom. The third-order valence-corrected chi connectivity index (χ3v) is 3.42. The molecule has 1 aromatic heterocycles. The van der Waals surface area contributed by atoms with Crippen molar-refractivity contribution in [3.05, 3.63) is 50.3 Å². The topological polar surface area (TPSA) is 37.8 Å². The van der Waals surface area contributed by atoms with E-state index in [4.69, 9.17) is 0 Å². The molecule has 5 heteroatoms. The molecule has 0 radical (unpaired) electrons. The second kappa shape index (κ2) is 5.77. The van der Waals surface area contributed by atoms with Crippen LogP contribution in [-0.2, 0) is 0 Å². The van der Waals surface area contributed by atoms with Gasteiger partial charge in [0.2, 0.25) is 5.95 Å². The van der Waals surface area contributed by atoms with Crippen molar-refractivity contribution >= 4 is 44.5 Å². The fraction of sp³-hybridized carbons (Fsp3) is 0.167. The van der Waals surface area contributed by atoms with E-state index in [1.54, 1.807) is 12.4 Å². The van der Waals surface area contributed by atoms with Crippen LogP contribution < -0.4 is 5.32 Å². The van der Waals surface area contributed by atoms with E-state index in [1.165, 1.54) is 5.56 Å². The van der Waals surface area contributed by atoms with Crippen LogP contribution in [0.2, 0.25) is 0 Å². The van der Waals surface area contributed by atoms with Gasteiger partial charge in [-0.2, -0.15) is 0 Å². The van der Waals surface area contributed by atoms with E-state index in [9.17, 15) is 0 Å². The molecule has 1 unspecified atom stereocenters. The maximum absolute atomic E-state index is 4.22. The molecule has 0 saturated heterocycles. The highest BCUT2D eigenvalue weighted by molar-refractivity contribution is 14.1. The Morgan fingerprint density at radius 2 is 1.76 bits per heavy atom. The summed E-state index contributed by atoms with van der Waals surface area (Å²) in [7, 11) is 0. The van der Waals surface area contributed by atoms with E-state index in [-0.39, 0.29) is 6.04 Å². The van der Waals surface area contributed by atoms with E-state index in [0.717, 1.165) is 8.04 Å². The molecular weight excluding hydrogens is 393 g/mol. The Bertz CT molecular complexity index is 484. The van der Waals surface area contributed by atoms with Gasteiger partial charge >= 0.3 is 0 Å². The van der Waals surface area contributed by atoms with Crippen LogP contribution in [0.4, 0.5) is 5.95 Å². The van der Waals surface area contributed by atoms with Crippen molar-refractivity contribution in [3.8, 4) is 0 Å². The van der Waals surface area contributed by atoms with Gasteiger partial charge in [0.05, 0.1) is 6.04 Å². The number of nitrogens with one attached hydrogen (secondary N) is 1. The van der Waals surface area contributed by atoms with Crippen LogP contribution in [0.3, 0.4) is 0 Å². The summed E-state index contributed by atoms with van der Waals surface area (Å²) in [4.78, 5) is 8.44. The first-order valence-electron chi connectivity index (χ1n) is 5.14. The average molecular weight is 404 g/mol. The third-order valence-electron chi connectivity index (χ3n) is 2.34. The minimum atomic E-state index is 0.183. The number of nitrogens with zero attached hydrogens (tertiary/aromatic N) is 2. The highest BCUT2D eigenvalue weighted by Gasteiger charge is 2.06. The molecule has 0 fully saturated rings. The lowest BCUT2D eigenvalue weighted by Crippen LogP contribution is -2.09. The molecule has 1 heterocycles. The largest absolute Gasteiger partial charge is 0.348 e. The minimum absolute atomic E-state index is 0.183. The summed E-state index contributed by atoms with van der Waals surface area (Å²) in [5.74, 6) is 0.654. The van der Waals surface area contributed by atoms with E-state index >= 15 is 0 Å². The molecule has 0 saturated carbocycles. The van der Waals surface area contributed by atoms with Gasteiger partial charge in [-0.1, -0.05) is 28.1 Å². The molecule has 1 N–H and O–H groups in total. The van der Waals surface area contributed by atoms with Crippen molar-refractivity contribution in [2.75, 3.05) is 5.32 Å². The van der Waals surface area contributed by atoms with Crippen molar-refractivity contribution in [1.29, 1.82) is 0 Å². The van der Waals surface area contributed by atoms with Gasteiger partial charge in [-0.25, -0.2) is 9.97 Å². The lowest BCUT2D eigenvalue weighted by molar-refractivity contribution is 0.859. The van der Waals surface area contributed by atoms with Crippen molar-refractivity contribution < 1.29 is 0 Å². The predicted molar refractivity (Wildman–Crippen MR) is 80.9 cm³/mol. The van der Waals surface area contributed by atoms with E-state index in [0.29, 0.717) is 5.95 Å². The summed E-state index contributed by atoms with van der Waals surface area (Å²) < 4.78 is 2.11. The lowest BCUT2D eigenvalue weighted by atomic mass is 10.1. The molecule has 88 valence electrons. The molecule has 2 rings (SSSR count). The van der Waals surface area contributed by atoms with Crippen molar-refractivity contribution in [3.63, 3.8) is 0 Å². The fourth-order valence-electron chi connectivity index (χ4n) is 1.42. The summed E-state index contributed by atoms with van der Waals surface area (Å²) in [6, 6.07) is 8.40. The van der Waals surface area contributed by atoms with Crippen LogP contribution in [0.15, 0.2) is 41.1 Å². The highest BCUT2D eigenvalue weighted by atomic mass is 127. The number of halogens is 2. The smallest absolute Gasteiger partial charge is 0.223 e. The summed E-state index contributed by atoms with van der Waals surface area (Å²) in [6.45, 7) is 2.09. The van der Waals surface area contributed by atoms with Crippen LogP contribution in [0.25, 0.3) is 0 Å². The maximum Gasteiger partial charge on any atom is 0.223 e. The number of benzene rings is 1. The predicted octanol–water partition coefficient (Wildman–Crippen LogP) is 4.02. The fourth-order valence-corrected chi connectivity index (χ4v) is 1.96. The number of anilines is 1. The van der Waals surface area contributed by atoms with Crippen LogP contribution in [0, 0.1) is 3.57 Å². The second-order valence-corrected chi connectivity index (χ2v) is 5.80. The molecule has 0 aliphatic carbocycles. The first-order valence-corrected chi connectivity index (χ1v) is 7.02. The van der Waals surface area contributed by atoms with Gasteiger partial charge in [0.15, 0.2) is 0 Å². The number of aromatic nitrogens is 2. The highest BCUT2D eigenvalue weighted by Crippen LogP contribution is 2.19. The average Bonchev–Trinajstić information content (AvgIpc) is 2.33. The SMILES string of the molecule is CC(Nc1ncc(I)cn1)c1ccc(Br)cc1. The zero-order valence-electron chi connectivity index (χ0n) is 9.19. The molecule has 3 nitrogen and oxygen atoms in total. The molecule has 1 aromatic carbocycles. The standard InChI is InChI=1S/C12H11BrIN3/c1-8(9-2-4-10(13)5-3-9)17-12-15-6-11(14)7-16-12/h2-8H,1H3,(H,15,16,17). The van der Waals surface area contributed by atoms with Gasteiger partial charge in [0.1, 0.15) is 0 Å². The van der Waals surface area contributed by atoms with Gasteiger partial charge in [-0.15, -0.1) is 0 Å². The number of rotatable bonds is 3. The van der Waals surface area contributed by atoms with Gasteiger partial charge in [0, 0.05) is 20.4 Å². The molecule has 0 aliphatic rings. The molecule has 2 aromatic rings. The zero-order valence-corrected chi connectivity index (χ0v) is 12.9. The molecule has 1 atom stereocenters. The first kappa shape index (κ1) is 12.8. The molecule has 17 heavy (non-hydrogen) atoms. The monoisotopic (exact) mass is 403 g/mol. The Hall–Kier alpha value is -0.690. The Morgan fingerprint density at radius 1 is 1.18 bits per heavy atom. The van der Waals surface area contributed by atoms with E-state index in [1.807, 2.05) is 12.1 Å². The number of hydrogen-bond acceptors (Lipinski definition) is 3. The van der Waals surface area contributed by atoms with Crippen molar-refractivity contribution in [2.24, 2.45) is 0 Å². The number of hydrogen-bond donors (Lipinski definition) is 1. The van der Waals surface area contributed by atoms with Gasteiger partial charge in [-0.3, -0.25) is 0 Å². The molecular formula is C12H11BrIN3. The summed E-state index contributed by atoms with van der Waals surface area (Å²) in [5, 5.41) is 3.26. The summed E-state index contributed by atoms with van der Waals surface area (Å²) in [6.07, 6.45) is 3.59. The van der Waals surface area contributed by atoms with Crippen LogP contribution >= 0.6 is 38.5 Å². The minimum Gasteiger partial charge on any atom is -0.348 e. The van der Waals surface area contributed by atoms with Crippen molar-refractivity contribution in [2.45, 2.75) is 13.0 Å². The normalized spacial score (nSPS) is 12.2. The van der Waals surface area contributed by atoms with Gasteiger partial charge in [0.25, 0.3) is 0 Å². The van der Waals surface area contributed by atoms with Gasteiger partial charge in [-0.05, 0) is 47.2 Å². The summed E-state index contributed by atoms with van der Waals surface area (Å²) in [5.41, 5.74) is 1.20. The van der Waals surface area contributed by atoms with Crippen LogP contribution in [0.1, 0.15) is 18.5 Å². The van der Waals surface area contributed by atoms with E-state index < -0.39 is 0 Å². The second-order valence-electron chi connectivity index (χ2n) is 3.64. The van der Waals surface area contributed by atoms with E-state index in [2.05, 4.69) is 72.9 Å². The van der Waals surface area contributed by atoms with Crippen LogP contribution in [0.5, 0.6) is 0 Å². The Balaban J connectivity index is 2.08. The quantitative estimate of drug-likeness (QED) is 0.786. The molecule has 0 spiro atoms. The van der Waals surface area contributed by atoms with Gasteiger partial charge < -0.3 is 5.32 Å². The maximum atomic E-state index is 4.22. The summed E-state index contributed by atoms with van der Waals surface area (Å²) >= 11 is 5.61. The molecule has 0 aliphatic heterocycles. The zero-order chi connectivity index (χ0) is 12.3.